The molecule has 4 aromatic rings. The van der Waals surface area contributed by atoms with E-state index in [9.17, 15) is 22.8 Å². The Hall–Kier alpha value is -5.58. The van der Waals surface area contributed by atoms with Crippen molar-refractivity contribution < 1.29 is 65.7 Å². The molecular weight excluding hydrogens is 871 g/mol. The number of ether oxygens (including phenoxy) is 9. The van der Waals surface area contributed by atoms with E-state index in [4.69, 9.17) is 47.7 Å². The molecule has 0 spiro atoms. The summed E-state index contributed by atoms with van der Waals surface area (Å²) in [6.07, 6.45) is 2.17. The van der Waals surface area contributed by atoms with Crippen molar-refractivity contribution in [3.63, 3.8) is 0 Å². The van der Waals surface area contributed by atoms with Crippen LogP contribution in [-0.2, 0) is 52.7 Å². The van der Waals surface area contributed by atoms with Gasteiger partial charge in [-0.2, -0.15) is 0 Å². The van der Waals surface area contributed by atoms with Gasteiger partial charge in [0.15, 0.2) is 17.2 Å². The molecule has 3 N–H and O–H groups in total. The Morgan fingerprint density at radius 1 is 0.708 bits per heavy atom. The number of carboxylic acid groups (broad SMARTS) is 1. The molecule has 1 amide bonds. The van der Waals surface area contributed by atoms with E-state index >= 15 is 0 Å². The summed E-state index contributed by atoms with van der Waals surface area (Å²) >= 11 is 0. The second kappa shape index (κ2) is 27.0. The van der Waals surface area contributed by atoms with Crippen LogP contribution in [-0.4, -0.2) is 146 Å². The molecule has 3 aromatic carbocycles. The Labute approximate surface area is 379 Å². The Morgan fingerprint density at radius 3 is 1.91 bits per heavy atom. The number of fused-ring (bicyclic) bond motifs is 1. The predicted molar refractivity (Wildman–Crippen MR) is 242 cm³/mol. The van der Waals surface area contributed by atoms with Gasteiger partial charge in [0.25, 0.3) is 10.0 Å². The van der Waals surface area contributed by atoms with E-state index < -0.39 is 16.0 Å². The summed E-state index contributed by atoms with van der Waals surface area (Å²) in [6.45, 7) is 6.78. The number of likely N-dealkylation sites (N-methyl/N-ethyl adjacent to an activating group) is 1. The molecule has 0 bridgehead atoms. The number of sulfonamides is 1. The number of hydrogen-bond donors (Lipinski definition) is 3. The van der Waals surface area contributed by atoms with Crippen molar-refractivity contribution in [2.24, 2.45) is 14.1 Å². The molecule has 0 fully saturated rings. The lowest BCUT2D eigenvalue weighted by Crippen LogP contribution is -2.37. The van der Waals surface area contributed by atoms with Gasteiger partial charge >= 0.3 is 11.7 Å². The van der Waals surface area contributed by atoms with Crippen molar-refractivity contribution in [2.45, 2.75) is 37.5 Å². The molecule has 0 saturated carbocycles. The van der Waals surface area contributed by atoms with E-state index in [1.165, 1.54) is 41.6 Å². The zero-order valence-electron chi connectivity index (χ0n) is 38.1. The van der Waals surface area contributed by atoms with Crippen LogP contribution in [0.5, 0.6) is 34.5 Å². The number of aliphatic carboxylic acids is 1. The summed E-state index contributed by atoms with van der Waals surface area (Å²) in [5, 5.41) is 11.4. The van der Waals surface area contributed by atoms with Crippen LogP contribution in [0.4, 0.5) is 5.69 Å². The van der Waals surface area contributed by atoms with Crippen LogP contribution < -0.4 is 39.4 Å². The maximum absolute atomic E-state index is 13.8. The Bertz CT molecular complexity index is 2300. The number of carbonyl (C=O) groups excluding carboxylic acids is 1. The first-order valence-corrected chi connectivity index (χ1v) is 22.7. The molecule has 0 aliphatic rings. The minimum Gasteiger partial charge on any atom is -0.493 e. The number of imidazole rings is 1. The summed E-state index contributed by atoms with van der Waals surface area (Å²) in [5.74, 6) is 0.971. The molecule has 65 heavy (non-hydrogen) atoms. The van der Waals surface area contributed by atoms with E-state index in [1.807, 2.05) is 18.9 Å². The van der Waals surface area contributed by atoms with Gasteiger partial charge < -0.3 is 53.1 Å². The summed E-state index contributed by atoms with van der Waals surface area (Å²) in [7, 11) is 3.75. The topological polar surface area (TPSA) is 226 Å². The van der Waals surface area contributed by atoms with Crippen LogP contribution in [0, 0.1) is 0 Å². The Morgan fingerprint density at radius 2 is 1.29 bits per heavy atom. The van der Waals surface area contributed by atoms with Crippen LogP contribution in [0.3, 0.4) is 0 Å². The maximum Gasteiger partial charge on any atom is 0.328 e. The summed E-state index contributed by atoms with van der Waals surface area (Å²) in [4.78, 5) is 37.6. The predicted octanol–water partition coefficient (Wildman–Crippen LogP) is 4.02. The average molecular weight is 934 g/mol. The lowest BCUT2D eigenvalue weighted by Gasteiger charge is -2.17. The number of anilines is 1. The molecule has 1 heterocycles. The fourth-order valence-corrected chi connectivity index (χ4v) is 7.31. The second-order valence-electron chi connectivity index (χ2n) is 14.7. The Balaban J connectivity index is 1.26. The first kappa shape index (κ1) is 52.0. The van der Waals surface area contributed by atoms with Crippen molar-refractivity contribution in [1.82, 2.24) is 19.4 Å². The third kappa shape index (κ3) is 17.1. The molecule has 0 radical (unpaired) electrons. The van der Waals surface area contributed by atoms with E-state index in [1.54, 1.807) is 44.4 Å². The highest BCUT2D eigenvalue weighted by Gasteiger charge is 2.22. The number of aryl methyl sites for hydroxylation is 2. The van der Waals surface area contributed by atoms with Gasteiger partial charge in [0.05, 0.1) is 115 Å². The standard InChI is InChI=1S/C44H63N5O15S/c1-7-15-62-32-25-33(63-16-9-8-14-47(2)31-42(50)45-13-18-59-20-22-61-24-23-60-21-19-58-17-12-43(51)52)27-34(26-32)64-40-30-38-37(48(3)44(53)49(38)4)29-36(40)46-65(54,55)35-10-11-39(56-5)41(28-35)57-6/h10-11,25-30,46H,7-9,12-24,31H2,1-6H3,(H,45,50)(H,51,52). The van der Waals surface area contributed by atoms with E-state index in [-0.39, 0.29) is 53.3 Å². The lowest BCUT2D eigenvalue weighted by molar-refractivity contribution is -0.138. The minimum absolute atomic E-state index is 0.0351. The fourth-order valence-electron chi connectivity index (χ4n) is 6.23. The first-order chi connectivity index (χ1) is 31.3. The molecule has 21 heteroatoms. The number of methoxy groups -OCH3 is 2. The van der Waals surface area contributed by atoms with Gasteiger partial charge in [-0.3, -0.25) is 28.3 Å². The van der Waals surface area contributed by atoms with Crippen LogP contribution in [0.25, 0.3) is 11.0 Å². The first-order valence-electron chi connectivity index (χ1n) is 21.3. The highest BCUT2D eigenvalue weighted by molar-refractivity contribution is 7.92. The number of hydrogen-bond acceptors (Lipinski definition) is 15. The zero-order chi connectivity index (χ0) is 47.2. The molecule has 0 aliphatic carbocycles. The van der Waals surface area contributed by atoms with E-state index in [2.05, 4.69) is 10.0 Å². The summed E-state index contributed by atoms with van der Waals surface area (Å²) < 4.78 is 83.6. The molecular formula is C44H63N5O15S. The van der Waals surface area contributed by atoms with Crippen molar-refractivity contribution in [2.75, 3.05) is 112 Å². The number of carboxylic acids is 1. The highest BCUT2D eigenvalue weighted by atomic mass is 32.2. The number of carbonyl (C=O) groups is 2. The van der Waals surface area contributed by atoms with Crippen LogP contribution >= 0.6 is 0 Å². The van der Waals surface area contributed by atoms with Crippen molar-refractivity contribution in [3.05, 3.63) is 59.0 Å². The number of nitrogens with one attached hydrogen (secondary N) is 2. The van der Waals surface area contributed by atoms with Crippen molar-refractivity contribution in [3.8, 4) is 34.5 Å². The molecule has 0 unspecified atom stereocenters. The number of benzene rings is 3. The average Bonchev–Trinajstić information content (AvgIpc) is 3.48. The molecule has 0 aliphatic heterocycles. The molecule has 0 atom stereocenters. The van der Waals surface area contributed by atoms with E-state index in [0.717, 1.165) is 12.8 Å². The SMILES string of the molecule is CCCOc1cc(OCCCCN(C)CC(=O)NCCOCCOCCOCCOCCC(=O)O)cc(Oc2cc3c(cc2NS(=O)(=O)c2ccc(OC)c(OC)c2)n(C)c(=O)n3C)c1. The van der Waals surface area contributed by atoms with Gasteiger partial charge in [-0.1, -0.05) is 6.92 Å². The van der Waals surface area contributed by atoms with Crippen LogP contribution in [0.2, 0.25) is 0 Å². The van der Waals surface area contributed by atoms with Gasteiger partial charge in [-0.15, -0.1) is 0 Å². The summed E-state index contributed by atoms with van der Waals surface area (Å²) in [5.41, 5.74) is 0.774. The third-order valence-electron chi connectivity index (χ3n) is 9.60. The number of unbranched alkanes of at least 4 members (excludes halogenated alkanes) is 1. The minimum atomic E-state index is -4.20. The van der Waals surface area contributed by atoms with Gasteiger partial charge in [0.2, 0.25) is 5.91 Å². The number of amides is 1. The quantitative estimate of drug-likeness (QED) is 0.0574. The van der Waals surface area contributed by atoms with Gasteiger partial charge in [-0.05, 0) is 51.1 Å². The van der Waals surface area contributed by atoms with Crippen molar-refractivity contribution >= 4 is 38.6 Å². The van der Waals surface area contributed by atoms with Crippen molar-refractivity contribution in [1.29, 1.82) is 0 Å². The Kier molecular flexibility index (Phi) is 21.6. The van der Waals surface area contributed by atoms with E-state index in [0.29, 0.717) is 113 Å². The zero-order valence-corrected chi connectivity index (χ0v) is 38.9. The van der Waals surface area contributed by atoms with Gasteiger partial charge in [0, 0.05) is 51.0 Å². The van der Waals surface area contributed by atoms with Gasteiger partial charge in [-0.25, -0.2) is 13.2 Å². The normalized spacial score (nSPS) is 11.5. The fraction of sp³-hybridized carbons (Fsp3) is 0.523. The van der Waals surface area contributed by atoms with Crippen LogP contribution in [0.15, 0.2) is 58.2 Å². The van der Waals surface area contributed by atoms with Gasteiger partial charge in [0.1, 0.15) is 17.2 Å². The molecule has 20 nitrogen and oxygen atoms in total. The lowest BCUT2D eigenvalue weighted by atomic mass is 10.2. The molecule has 360 valence electrons. The smallest absolute Gasteiger partial charge is 0.328 e. The highest BCUT2D eigenvalue weighted by Crippen LogP contribution is 2.38. The molecule has 0 saturated heterocycles. The maximum atomic E-state index is 13.8. The third-order valence-corrected chi connectivity index (χ3v) is 11.0. The second-order valence-corrected chi connectivity index (χ2v) is 16.4. The number of aromatic nitrogens is 2. The molecule has 4 rings (SSSR count). The number of nitrogens with zero attached hydrogens (tertiary/aromatic N) is 3. The number of rotatable bonds is 33. The largest absolute Gasteiger partial charge is 0.493 e. The van der Waals surface area contributed by atoms with Crippen LogP contribution in [0.1, 0.15) is 32.6 Å². The summed E-state index contributed by atoms with van der Waals surface area (Å²) in [6, 6.07) is 12.5. The molecule has 1 aromatic heterocycles. The monoisotopic (exact) mass is 933 g/mol.